The van der Waals surface area contributed by atoms with Gasteiger partial charge in [-0.25, -0.2) is 13.2 Å². The van der Waals surface area contributed by atoms with Gasteiger partial charge in [-0.3, -0.25) is 0 Å². The molecule has 7 heteroatoms. The van der Waals surface area contributed by atoms with E-state index in [0.717, 1.165) is 0 Å². The number of aromatic nitrogens is 1. The number of nitrogens with zero attached hydrogens (tertiary/aromatic N) is 2. The van der Waals surface area contributed by atoms with Gasteiger partial charge in [0.1, 0.15) is 10.6 Å². The van der Waals surface area contributed by atoms with Crippen molar-refractivity contribution >= 4 is 16.0 Å². The molecule has 0 amide bonds. The first-order chi connectivity index (χ1) is 8.82. The first kappa shape index (κ1) is 13.8. The monoisotopic (exact) mass is 284 g/mol. The van der Waals surface area contributed by atoms with Crippen LogP contribution in [0.2, 0.25) is 0 Å². The number of sulfonamides is 1. The number of rotatable bonds is 3. The molecule has 1 aromatic heterocycles. The van der Waals surface area contributed by atoms with Gasteiger partial charge in [-0.15, -0.1) is 0 Å². The second-order valence-corrected chi connectivity index (χ2v) is 6.58. The summed E-state index contributed by atoms with van der Waals surface area (Å²) < 4.78 is 27.4. The van der Waals surface area contributed by atoms with E-state index in [4.69, 9.17) is 5.11 Å². The van der Waals surface area contributed by atoms with Gasteiger partial charge in [0.15, 0.2) is 0 Å². The van der Waals surface area contributed by atoms with Crippen molar-refractivity contribution in [2.45, 2.75) is 18.2 Å². The zero-order valence-corrected chi connectivity index (χ0v) is 11.6. The van der Waals surface area contributed by atoms with Gasteiger partial charge in [-0.05, 0) is 19.4 Å². The van der Waals surface area contributed by atoms with E-state index < -0.39 is 16.0 Å². The number of hydrogen-bond acceptors (Lipinski definition) is 3. The highest BCUT2D eigenvalue weighted by molar-refractivity contribution is 7.89. The second-order valence-electron chi connectivity index (χ2n) is 4.64. The molecule has 0 aliphatic carbocycles. The van der Waals surface area contributed by atoms with Crippen LogP contribution in [-0.4, -0.2) is 41.5 Å². The molecule has 2 rings (SSSR count). The SMILES string of the molecule is CC1=CCN(S(=O)(=O)c2cc(C(=O)O)n(C)c2)CC1. The minimum atomic E-state index is -3.62. The molecule has 0 saturated carbocycles. The predicted octanol–water partition coefficient (Wildman–Crippen LogP) is 1.06. The summed E-state index contributed by atoms with van der Waals surface area (Å²) in [6.45, 7) is 2.74. The van der Waals surface area contributed by atoms with Crippen molar-refractivity contribution in [2.24, 2.45) is 7.05 Å². The van der Waals surface area contributed by atoms with E-state index in [9.17, 15) is 13.2 Å². The summed E-state index contributed by atoms with van der Waals surface area (Å²) in [6, 6.07) is 1.20. The lowest BCUT2D eigenvalue weighted by Gasteiger charge is -2.24. The number of carboxylic acids is 1. The molecule has 1 N–H and O–H groups in total. The first-order valence-corrected chi connectivity index (χ1v) is 7.32. The summed E-state index contributed by atoms with van der Waals surface area (Å²) >= 11 is 0. The zero-order chi connectivity index (χ0) is 14.2. The molecule has 1 aromatic rings. The summed E-state index contributed by atoms with van der Waals surface area (Å²) in [5, 5.41) is 8.95. The van der Waals surface area contributed by atoms with Crippen molar-refractivity contribution in [1.82, 2.24) is 8.87 Å². The quantitative estimate of drug-likeness (QED) is 0.842. The minimum absolute atomic E-state index is 0.0281. The standard InChI is InChI=1S/C12H16N2O4S/c1-9-3-5-14(6-4-9)19(17,18)10-7-11(12(15)16)13(2)8-10/h3,7-8H,4-6H2,1-2H3,(H,15,16). The van der Waals surface area contributed by atoms with Crippen LogP contribution in [0.1, 0.15) is 23.8 Å². The fourth-order valence-corrected chi connectivity index (χ4v) is 3.46. The van der Waals surface area contributed by atoms with E-state index in [1.54, 1.807) is 0 Å². The van der Waals surface area contributed by atoms with E-state index in [1.165, 1.54) is 33.8 Å². The van der Waals surface area contributed by atoms with Crippen molar-refractivity contribution in [3.8, 4) is 0 Å². The molecule has 0 saturated heterocycles. The summed E-state index contributed by atoms with van der Waals surface area (Å²) in [5.41, 5.74) is 1.13. The average molecular weight is 284 g/mol. The van der Waals surface area contributed by atoms with Crippen LogP contribution in [0.25, 0.3) is 0 Å². The Bertz CT molecular complexity index is 643. The Labute approximate surface area is 112 Å². The Morgan fingerprint density at radius 3 is 2.58 bits per heavy atom. The van der Waals surface area contributed by atoms with Crippen LogP contribution in [0.4, 0.5) is 0 Å². The number of aryl methyl sites for hydroxylation is 1. The largest absolute Gasteiger partial charge is 0.477 e. The summed E-state index contributed by atoms with van der Waals surface area (Å²) in [4.78, 5) is 11.0. The van der Waals surface area contributed by atoms with E-state index >= 15 is 0 Å². The van der Waals surface area contributed by atoms with Crippen LogP contribution in [-0.2, 0) is 17.1 Å². The molecule has 0 aromatic carbocycles. The molecule has 0 unspecified atom stereocenters. The minimum Gasteiger partial charge on any atom is -0.477 e. The summed E-state index contributed by atoms with van der Waals surface area (Å²) in [6.07, 6.45) is 3.92. The van der Waals surface area contributed by atoms with Crippen molar-refractivity contribution < 1.29 is 18.3 Å². The van der Waals surface area contributed by atoms with Crippen LogP contribution in [0.3, 0.4) is 0 Å². The van der Waals surface area contributed by atoms with Gasteiger partial charge in [0, 0.05) is 26.3 Å². The van der Waals surface area contributed by atoms with Gasteiger partial charge in [-0.2, -0.15) is 4.31 Å². The molecule has 104 valence electrons. The van der Waals surface area contributed by atoms with Crippen molar-refractivity contribution in [1.29, 1.82) is 0 Å². The zero-order valence-electron chi connectivity index (χ0n) is 10.8. The molecule has 0 bridgehead atoms. The number of hydrogen-bond donors (Lipinski definition) is 1. The highest BCUT2D eigenvalue weighted by Crippen LogP contribution is 2.22. The van der Waals surface area contributed by atoms with Crippen LogP contribution in [0.15, 0.2) is 28.8 Å². The lowest BCUT2D eigenvalue weighted by Crippen LogP contribution is -2.34. The Hall–Kier alpha value is -1.60. The fraction of sp³-hybridized carbons (Fsp3) is 0.417. The van der Waals surface area contributed by atoms with Gasteiger partial charge in [-0.1, -0.05) is 11.6 Å². The molecular formula is C12H16N2O4S. The van der Waals surface area contributed by atoms with Gasteiger partial charge < -0.3 is 9.67 Å². The van der Waals surface area contributed by atoms with E-state index in [0.29, 0.717) is 19.5 Å². The molecule has 1 aliphatic rings. The topological polar surface area (TPSA) is 79.6 Å². The maximum absolute atomic E-state index is 12.4. The maximum Gasteiger partial charge on any atom is 0.352 e. The van der Waals surface area contributed by atoms with Crippen LogP contribution in [0, 0.1) is 0 Å². The lowest BCUT2D eigenvalue weighted by atomic mass is 10.1. The number of carbonyl (C=O) groups is 1. The summed E-state index contributed by atoms with van der Waals surface area (Å²) in [5.74, 6) is -1.14. The Morgan fingerprint density at radius 2 is 2.11 bits per heavy atom. The van der Waals surface area contributed by atoms with Gasteiger partial charge in [0.2, 0.25) is 10.0 Å². The fourth-order valence-electron chi connectivity index (χ4n) is 2.01. The Balaban J connectivity index is 2.35. The molecule has 19 heavy (non-hydrogen) atoms. The van der Waals surface area contributed by atoms with E-state index in [1.807, 2.05) is 13.0 Å². The van der Waals surface area contributed by atoms with Gasteiger partial charge >= 0.3 is 5.97 Å². The molecule has 1 aliphatic heterocycles. The molecule has 0 fully saturated rings. The predicted molar refractivity (Wildman–Crippen MR) is 69.5 cm³/mol. The highest BCUT2D eigenvalue weighted by Gasteiger charge is 2.27. The molecule has 0 radical (unpaired) electrons. The van der Waals surface area contributed by atoms with Crippen LogP contribution in [0.5, 0.6) is 0 Å². The molecule has 2 heterocycles. The average Bonchev–Trinajstić information content (AvgIpc) is 2.72. The normalized spacial score (nSPS) is 17.3. The Morgan fingerprint density at radius 1 is 1.42 bits per heavy atom. The van der Waals surface area contributed by atoms with Crippen LogP contribution >= 0.6 is 0 Å². The third kappa shape index (κ3) is 2.57. The third-order valence-corrected chi connectivity index (χ3v) is 5.07. The van der Waals surface area contributed by atoms with E-state index in [2.05, 4.69) is 0 Å². The molecule has 0 spiro atoms. The summed E-state index contributed by atoms with van der Waals surface area (Å²) in [7, 11) is -2.10. The number of aromatic carboxylic acids is 1. The Kier molecular flexibility index (Phi) is 3.51. The smallest absolute Gasteiger partial charge is 0.352 e. The molecule has 0 atom stereocenters. The second kappa shape index (κ2) is 4.82. The molecular weight excluding hydrogens is 268 g/mol. The van der Waals surface area contributed by atoms with E-state index in [-0.39, 0.29) is 10.6 Å². The van der Waals surface area contributed by atoms with Crippen LogP contribution < -0.4 is 0 Å². The van der Waals surface area contributed by atoms with Crippen molar-refractivity contribution in [3.63, 3.8) is 0 Å². The van der Waals surface area contributed by atoms with Gasteiger partial charge in [0.25, 0.3) is 0 Å². The maximum atomic E-state index is 12.4. The lowest BCUT2D eigenvalue weighted by molar-refractivity contribution is 0.0686. The molecule has 6 nitrogen and oxygen atoms in total. The first-order valence-electron chi connectivity index (χ1n) is 5.88. The third-order valence-electron chi connectivity index (χ3n) is 3.24. The highest BCUT2D eigenvalue weighted by atomic mass is 32.2. The van der Waals surface area contributed by atoms with Crippen molar-refractivity contribution in [2.75, 3.05) is 13.1 Å². The van der Waals surface area contributed by atoms with Crippen molar-refractivity contribution in [3.05, 3.63) is 29.6 Å². The number of carboxylic acid groups (broad SMARTS) is 1. The van der Waals surface area contributed by atoms with Gasteiger partial charge in [0.05, 0.1) is 0 Å².